The van der Waals surface area contributed by atoms with Crippen LogP contribution in [0.5, 0.6) is 0 Å². The summed E-state index contributed by atoms with van der Waals surface area (Å²) in [6.45, 7) is 12.0. The fourth-order valence-corrected chi connectivity index (χ4v) is 2.62. The SMILES string of the molecule is C.C.C.C.C.CC=CCC[C+]=CCCC=CC.C[C+]=CCCC=CCC[C+]=CC.C[C+]=CCCC=CCC[C+]=CC.I[I-]I.I[I-]I.I[I-]I.I[I-]I.I[I-]I. The van der Waals surface area contributed by atoms with Crippen LogP contribution in [0.1, 0.15) is 156 Å². The molecule has 0 spiro atoms. The molecule has 0 heterocycles. The third-order valence-corrected chi connectivity index (χ3v) is 4.56. The second kappa shape index (κ2) is 131. The van der Waals surface area contributed by atoms with Crippen molar-refractivity contribution >= 4 is 186 Å². The van der Waals surface area contributed by atoms with Gasteiger partial charge in [-0.25, -0.2) is 0 Å². The molecule has 56 heavy (non-hydrogen) atoms. The molecule has 0 aliphatic rings. The van der Waals surface area contributed by atoms with Gasteiger partial charge in [0.25, 0.3) is 0 Å². The van der Waals surface area contributed by atoms with Gasteiger partial charge in [0.2, 0.25) is 30.4 Å². The van der Waals surface area contributed by atoms with Crippen molar-refractivity contribution in [3.05, 3.63) is 109 Å². The molecule has 15 heteroatoms. The van der Waals surface area contributed by atoms with Crippen LogP contribution >= 0.6 is 186 Å². The summed E-state index contributed by atoms with van der Waals surface area (Å²) in [5.41, 5.74) is 0. The van der Waals surface area contributed by atoms with Gasteiger partial charge in [0.05, 0.1) is 0 Å². The average molecular weight is 2470 g/mol. The molecule has 0 N–H and O–H groups in total. The summed E-state index contributed by atoms with van der Waals surface area (Å²) < 4.78 is 0. The van der Waals surface area contributed by atoms with E-state index in [1.807, 2.05) is 39.8 Å². The van der Waals surface area contributed by atoms with Gasteiger partial charge in [0, 0.05) is 52.4 Å². The molecule has 0 amide bonds. The Labute approximate surface area is 504 Å². The van der Waals surface area contributed by atoms with Crippen molar-refractivity contribution in [2.24, 2.45) is 0 Å². The van der Waals surface area contributed by atoms with E-state index < -0.39 is 0 Å². The van der Waals surface area contributed by atoms with E-state index in [-0.39, 0.29) is 37.1 Å². The Kier molecular flexibility index (Phi) is 229. The molecule has 0 atom stereocenters. The summed E-state index contributed by atoms with van der Waals surface area (Å²) in [7, 11) is 0. The molecule has 344 valence electrons. The molecule has 0 radical (unpaired) electrons. The van der Waals surface area contributed by atoms with Crippen LogP contribution in [0.4, 0.5) is 0 Å². The van der Waals surface area contributed by atoms with Crippen LogP contribution in [0, 0.1) is 30.4 Å². The summed E-state index contributed by atoms with van der Waals surface area (Å²) in [4.78, 5) is 0. The molecule has 0 bridgehead atoms. The fourth-order valence-electron chi connectivity index (χ4n) is 2.62. The molecular weight excluding hydrogens is 2400 g/mol. The number of hydrogen-bond acceptors (Lipinski definition) is 0. The van der Waals surface area contributed by atoms with Gasteiger partial charge in [0.1, 0.15) is 12.2 Å². The molecule has 0 fully saturated rings. The van der Waals surface area contributed by atoms with Crippen LogP contribution < -0.4 is 66.3 Å². The number of allylic oxidation sites excluding steroid dienone is 18. The molecule has 0 saturated heterocycles. The number of halogens is 15. The van der Waals surface area contributed by atoms with Crippen LogP contribution in [0.2, 0.25) is 0 Å². The molecule has 0 saturated carbocycles. The zero-order valence-corrected chi connectivity index (χ0v) is 62.5. The van der Waals surface area contributed by atoms with Crippen molar-refractivity contribution in [3.8, 4) is 0 Å². The Bertz CT molecular complexity index is 593. The number of rotatable bonds is 18. The minimum absolute atomic E-state index is 0. The van der Waals surface area contributed by atoms with E-state index in [4.69, 9.17) is 0 Å². The topological polar surface area (TPSA) is 0 Å². The third-order valence-electron chi connectivity index (χ3n) is 4.56. The van der Waals surface area contributed by atoms with Crippen LogP contribution in [0.25, 0.3) is 0 Å². The van der Waals surface area contributed by atoms with Crippen molar-refractivity contribution in [2.75, 3.05) is 0 Å². The quantitative estimate of drug-likeness (QED) is 0.0558. The standard InChI is InChI=1S/C12H19.2C12H18.5CH4.5I3/c3*1-3-5-7-9-11-12-10-8-6-4-2;;;;;;5*1-3-2/h3-6,11H,7-10H2,1-2H3;2*3,6,11-12H,7-10H2,1-2H3;5*1H4;;;;;/q+1;2*+2;;;;;;5*-1. The van der Waals surface area contributed by atoms with Crippen LogP contribution in [-0.4, -0.2) is 0 Å². The third kappa shape index (κ3) is 188. The predicted octanol–water partition coefficient (Wildman–Crippen LogP) is 8.84. The predicted molar refractivity (Wildman–Crippen MR) is 339 cm³/mol. The Morgan fingerprint density at radius 2 is 0.571 bits per heavy atom. The van der Waals surface area contributed by atoms with Gasteiger partial charge in [-0.1, -0.05) is 85.7 Å². The molecule has 0 nitrogen and oxygen atoms in total. The Hall–Kier alpha value is 8.16. The Morgan fingerprint density at radius 3 is 0.857 bits per heavy atom. The first-order valence-electron chi connectivity index (χ1n) is 15.2. The molecule has 0 aliphatic carbocycles. The van der Waals surface area contributed by atoms with E-state index in [1.165, 1.54) is 0 Å². The van der Waals surface area contributed by atoms with Crippen molar-refractivity contribution in [1.82, 2.24) is 0 Å². The zero-order valence-electron chi connectivity index (χ0n) is 30.2. The van der Waals surface area contributed by atoms with E-state index in [0.717, 1.165) is 77.0 Å². The summed E-state index contributed by atoms with van der Waals surface area (Å²) in [6, 6.07) is 0. The van der Waals surface area contributed by atoms with E-state index in [2.05, 4.69) is 297 Å². The van der Waals surface area contributed by atoms with E-state index >= 15 is 0 Å². The second-order valence-electron chi connectivity index (χ2n) is 8.08. The minimum atomic E-state index is 0. The molecule has 0 aromatic rings. The van der Waals surface area contributed by atoms with Crippen LogP contribution in [-0.2, 0) is 0 Å². The first-order chi connectivity index (χ1) is 24.8. The summed E-state index contributed by atoms with van der Waals surface area (Å²) in [6.07, 6.45) is 56.5. The van der Waals surface area contributed by atoms with E-state index in [0.29, 0.717) is 66.3 Å². The van der Waals surface area contributed by atoms with Gasteiger partial charge in [0.15, 0.2) is 51.3 Å². The van der Waals surface area contributed by atoms with Gasteiger partial charge >= 0.3 is 252 Å². The first-order valence-corrected chi connectivity index (χ1v) is 78.1. The number of hydrogen-bond donors (Lipinski definition) is 0. The normalized spacial score (nSPS) is 9.29. The summed E-state index contributed by atoms with van der Waals surface area (Å²) in [5.74, 6) is 0. The van der Waals surface area contributed by atoms with Crippen molar-refractivity contribution in [1.29, 1.82) is 0 Å². The maximum atomic E-state index is 3.27. The maximum absolute atomic E-state index is 3.27. The van der Waals surface area contributed by atoms with Gasteiger partial charge in [-0.15, -0.1) is 0 Å². The summed E-state index contributed by atoms with van der Waals surface area (Å²) in [5, 5.41) is 0. The van der Waals surface area contributed by atoms with E-state index in [9.17, 15) is 0 Å². The first kappa shape index (κ1) is 97.8. The fraction of sp³-hybridized carbons (Fsp3) is 0.561. The van der Waals surface area contributed by atoms with Gasteiger partial charge in [-0.3, -0.25) is 0 Å². The number of unbranched alkanes of at least 4 members (excludes halogenated alkanes) is 6. The summed E-state index contributed by atoms with van der Waals surface area (Å²) >= 11 is 26.5. The zero-order chi connectivity index (χ0) is 40.7. The molecule has 0 aromatic heterocycles. The average Bonchev–Trinajstić information content (AvgIpc) is 3.11. The molecular formula is C41H75I15. The van der Waals surface area contributed by atoms with Crippen molar-refractivity contribution in [2.45, 2.75) is 156 Å². The Morgan fingerprint density at radius 1 is 0.339 bits per heavy atom. The van der Waals surface area contributed by atoms with Crippen molar-refractivity contribution < 1.29 is 66.3 Å². The van der Waals surface area contributed by atoms with Gasteiger partial charge < -0.3 is 0 Å². The van der Waals surface area contributed by atoms with Gasteiger partial charge in [-0.05, 0) is 33.1 Å². The molecule has 0 rings (SSSR count). The van der Waals surface area contributed by atoms with Crippen molar-refractivity contribution in [3.63, 3.8) is 0 Å². The monoisotopic (exact) mass is 2470 g/mol. The van der Waals surface area contributed by atoms with Gasteiger partial charge in [-0.2, -0.15) is 0 Å². The van der Waals surface area contributed by atoms with E-state index in [1.54, 1.807) is 0 Å². The molecule has 0 aliphatic heterocycles. The second-order valence-corrected chi connectivity index (χ2v) is 89.3. The van der Waals surface area contributed by atoms with Crippen LogP contribution in [0.15, 0.2) is 79.0 Å². The molecule has 0 unspecified atom stereocenters. The van der Waals surface area contributed by atoms with Crippen LogP contribution in [0.3, 0.4) is 0 Å². The Balaban J connectivity index is -0.0000000367. The molecule has 0 aromatic carbocycles.